The first kappa shape index (κ1) is 15.0. The Labute approximate surface area is 128 Å². The lowest BCUT2D eigenvalue weighted by Gasteiger charge is -2.10. The van der Waals surface area contributed by atoms with Crippen LogP contribution in [-0.2, 0) is 6.54 Å². The number of aryl methyl sites for hydroxylation is 1. The van der Waals surface area contributed by atoms with E-state index < -0.39 is 0 Å². The Hall–Kier alpha value is -0.440. The lowest BCUT2D eigenvalue weighted by Crippen LogP contribution is -2.04. The summed E-state index contributed by atoms with van der Waals surface area (Å²) in [7, 11) is 0. The molecule has 1 aromatic heterocycles. The van der Waals surface area contributed by atoms with Gasteiger partial charge in [0.2, 0.25) is 0 Å². The van der Waals surface area contributed by atoms with E-state index in [-0.39, 0.29) is 5.38 Å². The Bertz CT molecular complexity index is 576. The largest absolute Gasteiger partial charge is 0.327 e. The average molecular weight is 320 g/mol. The highest BCUT2D eigenvalue weighted by atomic mass is 35.5. The third-order valence-electron chi connectivity index (χ3n) is 3.16. The van der Waals surface area contributed by atoms with Crippen LogP contribution in [0.15, 0.2) is 12.1 Å². The molecule has 19 heavy (non-hydrogen) atoms. The van der Waals surface area contributed by atoms with Gasteiger partial charge in [0, 0.05) is 6.54 Å². The van der Waals surface area contributed by atoms with Crippen molar-refractivity contribution in [2.45, 2.75) is 45.0 Å². The Kier molecular flexibility index (Phi) is 4.99. The van der Waals surface area contributed by atoms with E-state index >= 15 is 0 Å². The number of hydrogen-bond donors (Lipinski definition) is 0. The number of rotatable bonds is 5. The van der Waals surface area contributed by atoms with Crippen LogP contribution >= 0.6 is 34.8 Å². The molecule has 2 rings (SSSR count). The zero-order chi connectivity index (χ0) is 14.0. The van der Waals surface area contributed by atoms with Gasteiger partial charge in [0.1, 0.15) is 5.82 Å². The fourth-order valence-electron chi connectivity index (χ4n) is 2.20. The second-order valence-corrected chi connectivity index (χ2v) is 6.17. The van der Waals surface area contributed by atoms with E-state index in [1.807, 2.05) is 13.0 Å². The van der Waals surface area contributed by atoms with Crippen LogP contribution in [-0.4, -0.2) is 9.55 Å². The number of hydrogen-bond acceptors (Lipinski definition) is 1. The molecular weight excluding hydrogens is 303 g/mol. The minimum Gasteiger partial charge on any atom is -0.327 e. The number of aromatic nitrogens is 2. The molecule has 0 fully saturated rings. The van der Waals surface area contributed by atoms with Gasteiger partial charge in [-0.1, -0.05) is 43.0 Å². The monoisotopic (exact) mass is 318 g/mol. The minimum absolute atomic E-state index is 0.133. The summed E-state index contributed by atoms with van der Waals surface area (Å²) in [6.07, 6.45) is 3.49. The third-order valence-corrected chi connectivity index (χ3v) is 4.08. The van der Waals surface area contributed by atoms with Crippen molar-refractivity contribution >= 4 is 45.8 Å². The molecule has 0 saturated heterocycles. The molecule has 1 aromatic carbocycles. The first-order valence-corrected chi connectivity index (χ1v) is 7.73. The number of imidazole rings is 1. The topological polar surface area (TPSA) is 17.8 Å². The maximum Gasteiger partial charge on any atom is 0.127 e. The van der Waals surface area contributed by atoms with E-state index in [9.17, 15) is 0 Å². The van der Waals surface area contributed by atoms with Gasteiger partial charge in [-0.15, -0.1) is 11.6 Å². The van der Waals surface area contributed by atoms with Crippen LogP contribution < -0.4 is 0 Å². The van der Waals surface area contributed by atoms with Crippen LogP contribution in [0, 0.1) is 0 Å². The summed E-state index contributed by atoms with van der Waals surface area (Å²) in [5.41, 5.74) is 1.86. The van der Waals surface area contributed by atoms with Crippen molar-refractivity contribution in [1.82, 2.24) is 9.55 Å². The molecule has 5 heteroatoms. The first-order chi connectivity index (χ1) is 9.04. The summed E-state index contributed by atoms with van der Waals surface area (Å²) >= 11 is 18.4. The Morgan fingerprint density at radius 2 is 1.89 bits per heavy atom. The maximum absolute atomic E-state index is 6.22. The molecule has 0 N–H and O–H groups in total. The summed E-state index contributed by atoms with van der Waals surface area (Å²) in [6, 6.07) is 3.68. The predicted octanol–water partition coefficient (Wildman–Crippen LogP) is 5.83. The third kappa shape index (κ3) is 3.18. The van der Waals surface area contributed by atoms with Crippen molar-refractivity contribution in [3.63, 3.8) is 0 Å². The second kappa shape index (κ2) is 6.34. The lowest BCUT2D eigenvalue weighted by molar-refractivity contribution is 0.591. The van der Waals surface area contributed by atoms with E-state index in [0.717, 1.165) is 29.8 Å². The zero-order valence-electron chi connectivity index (χ0n) is 11.1. The molecule has 1 unspecified atom stereocenters. The quantitative estimate of drug-likeness (QED) is 0.500. The van der Waals surface area contributed by atoms with Gasteiger partial charge in [-0.3, -0.25) is 0 Å². The summed E-state index contributed by atoms with van der Waals surface area (Å²) in [6.45, 7) is 5.03. The molecule has 104 valence electrons. The average Bonchev–Trinajstić information content (AvgIpc) is 2.69. The highest BCUT2D eigenvalue weighted by molar-refractivity contribution is 6.42. The number of benzene rings is 1. The molecule has 0 saturated carbocycles. The molecular formula is C14H17Cl3N2. The summed E-state index contributed by atoms with van der Waals surface area (Å²) in [5.74, 6) is 0.881. The van der Waals surface area contributed by atoms with E-state index in [1.165, 1.54) is 12.8 Å². The number of fused-ring (bicyclic) bond motifs is 1. The van der Waals surface area contributed by atoms with Crippen LogP contribution in [0.5, 0.6) is 0 Å². The molecule has 1 atom stereocenters. The molecule has 0 radical (unpaired) electrons. The van der Waals surface area contributed by atoms with Gasteiger partial charge in [-0.05, 0) is 25.5 Å². The molecule has 2 nitrogen and oxygen atoms in total. The Morgan fingerprint density at radius 3 is 2.53 bits per heavy atom. The zero-order valence-corrected chi connectivity index (χ0v) is 13.4. The molecule has 0 aliphatic rings. The van der Waals surface area contributed by atoms with Crippen molar-refractivity contribution in [1.29, 1.82) is 0 Å². The molecule has 2 aromatic rings. The van der Waals surface area contributed by atoms with Gasteiger partial charge < -0.3 is 4.57 Å². The lowest BCUT2D eigenvalue weighted by atomic mass is 10.2. The van der Waals surface area contributed by atoms with Crippen LogP contribution in [0.1, 0.15) is 44.3 Å². The molecule has 0 aliphatic heterocycles. The smallest absolute Gasteiger partial charge is 0.127 e. The predicted molar refractivity (Wildman–Crippen MR) is 83.5 cm³/mol. The standard InChI is InChI=1S/C14H17Cl3N2/c1-3-4-5-6-19-13-8-11(17)10(16)7-12(13)18-14(19)9(2)15/h7-9H,3-6H2,1-2H3. The summed E-state index contributed by atoms with van der Waals surface area (Å²) < 4.78 is 2.16. The highest BCUT2D eigenvalue weighted by Crippen LogP contribution is 2.31. The number of halogens is 3. The van der Waals surface area contributed by atoms with Gasteiger partial charge in [-0.2, -0.15) is 0 Å². The van der Waals surface area contributed by atoms with Crippen molar-refractivity contribution in [2.75, 3.05) is 0 Å². The fourth-order valence-corrected chi connectivity index (χ4v) is 2.68. The minimum atomic E-state index is -0.133. The van der Waals surface area contributed by atoms with E-state index in [1.54, 1.807) is 6.07 Å². The molecule has 1 heterocycles. The number of nitrogens with zero attached hydrogens (tertiary/aromatic N) is 2. The van der Waals surface area contributed by atoms with Gasteiger partial charge in [-0.25, -0.2) is 4.98 Å². The Balaban J connectivity index is 2.49. The fraction of sp³-hybridized carbons (Fsp3) is 0.500. The van der Waals surface area contributed by atoms with E-state index in [0.29, 0.717) is 10.0 Å². The first-order valence-electron chi connectivity index (χ1n) is 6.53. The normalized spacial score (nSPS) is 13.1. The van der Waals surface area contributed by atoms with Crippen molar-refractivity contribution in [3.8, 4) is 0 Å². The maximum atomic E-state index is 6.22. The van der Waals surface area contributed by atoms with E-state index in [2.05, 4.69) is 16.5 Å². The molecule has 0 spiro atoms. The van der Waals surface area contributed by atoms with E-state index in [4.69, 9.17) is 34.8 Å². The van der Waals surface area contributed by atoms with Gasteiger partial charge in [0.25, 0.3) is 0 Å². The Morgan fingerprint density at radius 1 is 1.21 bits per heavy atom. The van der Waals surface area contributed by atoms with Crippen molar-refractivity contribution in [3.05, 3.63) is 28.0 Å². The van der Waals surface area contributed by atoms with Crippen molar-refractivity contribution < 1.29 is 0 Å². The second-order valence-electron chi connectivity index (χ2n) is 4.70. The SMILES string of the molecule is CCCCCn1c(C(C)Cl)nc2cc(Cl)c(Cl)cc21. The molecule has 0 amide bonds. The molecule has 0 aliphatic carbocycles. The highest BCUT2D eigenvalue weighted by Gasteiger charge is 2.16. The van der Waals surface area contributed by atoms with Gasteiger partial charge in [0.15, 0.2) is 0 Å². The summed E-state index contributed by atoms with van der Waals surface area (Å²) in [4.78, 5) is 4.58. The van der Waals surface area contributed by atoms with Crippen LogP contribution in [0.25, 0.3) is 11.0 Å². The number of unbranched alkanes of at least 4 members (excludes halogenated alkanes) is 2. The van der Waals surface area contributed by atoms with Gasteiger partial charge >= 0.3 is 0 Å². The van der Waals surface area contributed by atoms with Crippen LogP contribution in [0.4, 0.5) is 0 Å². The number of alkyl halides is 1. The van der Waals surface area contributed by atoms with Crippen LogP contribution in [0.3, 0.4) is 0 Å². The summed E-state index contributed by atoms with van der Waals surface area (Å²) in [5, 5.41) is 0.951. The molecule has 0 bridgehead atoms. The van der Waals surface area contributed by atoms with Gasteiger partial charge in [0.05, 0.1) is 26.5 Å². The van der Waals surface area contributed by atoms with Crippen molar-refractivity contribution in [2.24, 2.45) is 0 Å². The van der Waals surface area contributed by atoms with Crippen LogP contribution in [0.2, 0.25) is 10.0 Å².